The zero-order valence-corrected chi connectivity index (χ0v) is 19.2. The molecule has 0 saturated carbocycles. The Morgan fingerprint density at radius 1 is 1.18 bits per heavy atom. The van der Waals surface area contributed by atoms with E-state index in [0.29, 0.717) is 35.1 Å². The summed E-state index contributed by atoms with van der Waals surface area (Å²) in [6.07, 6.45) is 3.86. The fourth-order valence-electron chi connectivity index (χ4n) is 4.43. The highest BCUT2D eigenvalue weighted by Crippen LogP contribution is 2.22. The predicted molar refractivity (Wildman–Crippen MR) is 133 cm³/mol. The van der Waals surface area contributed by atoms with E-state index in [0.717, 1.165) is 36.0 Å². The second-order valence-corrected chi connectivity index (χ2v) is 8.83. The predicted octanol–water partition coefficient (Wildman–Crippen LogP) is 3.40. The van der Waals surface area contributed by atoms with Gasteiger partial charge in [0, 0.05) is 35.7 Å². The average Bonchev–Trinajstić information content (AvgIpc) is 3.21. The molecule has 1 aromatic carbocycles. The number of benzene rings is 1. The van der Waals surface area contributed by atoms with E-state index in [2.05, 4.69) is 16.7 Å². The van der Waals surface area contributed by atoms with Crippen molar-refractivity contribution in [1.82, 2.24) is 19.1 Å². The molecule has 0 amide bonds. The highest BCUT2D eigenvalue weighted by atomic mass is 35.5. The number of nitrogens with zero attached hydrogens (tertiary/aromatic N) is 5. The maximum atomic E-state index is 13.6. The number of piperidine rings is 1. The van der Waals surface area contributed by atoms with E-state index in [4.69, 9.17) is 27.3 Å². The van der Waals surface area contributed by atoms with E-state index in [9.17, 15) is 4.79 Å². The first-order valence-corrected chi connectivity index (χ1v) is 11.5. The van der Waals surface area contributed by atoms with Crippen molar-refractivity contribution in [3.63, 3.8) is 0 Å². The highest BCUT2D eigenvalue weighted by Gasteiger charge is 2.23. The number of fused-ring (bicyclic) bond motifs is 2. The average molecular weight is 461 g/mol. The van der Waals surface area contributed by atoms with E-state index in [1.54, 1.807) is 11.5 Å². The minimum Gasteiger partial charge on any atom is -0.341 e. The first-order chi connectivity index (χ1) is 16.0. The first-order valence-electron chi connectivity index (χ1n) is 11.1. The van der Waals surface area contributed by atoms with Crippen LogP contribution >= 0.6 is 11.6 Å². The van der Waals surface area contributed by atoms with Gasteiger partial charge in [-0.15, -0.1) is 5.92 Å². The minimum atomic E-state index is -0.106. The summed E-state index contributed by atoms with van der Waals surface area (Å²) in [6, 6.07) is 11.6. The Morgan fingerprint density at radius 2 is 2.03 bits per heavy atom. The standard InChI is InChI=1S/C25H25ClN6O/c1-2-3-12-32-24(33)23-21(29-25(32)31-11-4-5-19(27)15-31)10-13-30(23)16-20-9-7-17-6-8-18(26)14-22(17)28-20/h6-10,13-14,19H,4-5,11-12,15-16,27H2,1H3/t19-/m1/s1. The number of aromatic nitrogens is 4. The van der Waals surface area contributed by atoms with Gasteiger partial charge in [-0.3, -0.25) is 14.3 Å². The molecule has 7 nitrogen and oxygen atoms in total. The quantitative estimate of drug-likeness (QED) is 0.472. The van der Waals surface area contributed by atoms with Gasteiger partial charge in [-0.25, -0.2) is 4.98 Å². The van der Waals surface area contributed by atoms with E-state index >= 15 is 0 Å². The van der Waals surface area contributed by atoms with Gasteiger partial charge in [-0.05, 0) is 44.0 Å². The van der Waals surface area contributed by atoms with Crippen molar-refractivity contribution in [3.8, 4) is 11.8 Å². The fraction of sp³-hybridized carbons (Fsp3) is 0.320. The van der Waals surface area contributed by atoms with Gasteiger partial charge in [0.05, 0.1) is 29.8 Å². The Hall–Kier alpha value is -3.34. The summed E-state index contributed by atoms with van der Waals surface area (Å²) in [5, 5.41) is 1.67. The van der Waals surface area contributed by atoms with Crippen LogP contribution in [0.1, 0.15) is 25.5 Å². The Morgan fingerprint density at radius 3 is 2.85 bits per heavy atom. The molecule has 5 rings (SSSR count). The molecule has 4 heterocycles. The Bertz CT molecular complexity index is 1460. The van der Waals surface area contributed by atoms with Gasteiger partial charge in [0.25, 0.3) is 5.56 Å². The zero-order valence-electron chi connectivity index (χ0n) is 18.5. The molecule has 3 aromatic heterocycles. The minimum absolute atomic E-state index is 0.0779. The number of halogens is 1. The maximum absolute atomic E-state index is 13.6. The molecule has 1 atom stereocenters. The van der Waals surface area contributed by atoms with Gasteiger partial charge >= 0.3 is 0 Å². The number of anilines is 1. The zero-order chi connectivity index (χ0) is 22.9. The molecule has 0 radical (unpaired) electrons. The largest absolute Gasteiger partial charge is 0.341 e. The highest BCUT2D eigenvalue weighted by molar-refractivity contribution is 6.31. The van der Waals surface area contributed by atoms with Crippen LogP contribution in [-0.2, 0) is 13.1 Å². The molecule has 8 heteroatoms. The van der Waals surface area contributed by atoms with Gasteiger partial charge in [0.15, 0.2) is 0 Å². The molecule has 0 aliphatic carbocycles. The first kappa shape index (κ1) is 21.5. The second kappa shape index (κ2) is 8.89. The molecule has 168 valence electrons. The monoisotopic (exact) mass is 460 g/mol. The Kier molecular flexibility index (Phi) is 5.79. The Labute approximate surface area is 196 Å². The van der Waals surface area contributed by atoms with E-state index in [1.165, 1.54) is 0 Å². The molecule has 0 unspecified atom stereocenters. The normalized spacial score (nSPS) is 16.2. The lowest BCUT2D eigenvalue weighted by atomic mass is 10.1. The summed E-state index contributed by atoms with van der Waals surface area (Å²) in [6.45, 7) is 4.03. The number of hydrogen-bond acceptors (Lipinski definition) is 5. The van der Waals surface area contributed by atoms with E-state index in [1.807, 2.05) is 47.2 Å². The van der Waals surface area contributed by atoms with Crippen LogP contribution < -0.4 is 16.2 Å². The molecule has 33 heavy (non-hydrogen) atoms. The smallest absolute Gasteiger partial charge is 0.280 e. The van der Waals surface area contributed by atoms with Crippen LogP contribution in [-0.4, -0.2) is 38.2 Å². The van der Waals surface area contributed by atoms with Crippen molar-refractivity contribution in [3.05, 3.63) is 63.7 Å². The molecule has 1 aliphatic rings. The summed E-state index contributed by atoms with van der Waals surface area (Å²) in [4.78, 5) is 25.4. The summed E-state index contributed by atoms with van der Waals surface area (Å²) < 4.78 is 3.58. The van der Waals surface area contributed by atoms with Crippen molar-refractivity contribution >= 4 is 39.5 Å². The van der Waals surface area contributed by atoms with Crippen LogP contribution in [0.5, 0.6) is 0 Å². The number of hydrogen-bond donors (Lipinski definition) is 1. The fourth-order valence-corrected chi connectivity index (χ4v) is 4.60. The molecule has 0 bridgehead atoms. The summed E-state index contributed by atoms with van der Waals surface area (Å²) in [5.74, 6) is 6.56. The topological polar surface area (TPSA) is 82.0 Å². The van der Waals surface area contributed by atoms with Crippen LogP contribution in [0.2, 0.25) is 5.02 Å². The molecule has 4 aromatic rings. The molecular formula is C25H25ClN6O. The third-order valence-electron chi connectivity index (χ3n) is 6.05. The van der Waals surface area contributed by atoms with E-state index < -0.39 is 0 Å². The summed E-state index contributed by atoms with van der Waals surface area (Å²) in [5.41, 5.74) is 8.97. The molecule has 1 fully saturated rings. The number of nitrogens with two attached hydrogens (primary N) is 1. The van der Waals surface area contributed by atoms with Crippen molar-refractivity contribution in [1.29, 1.82) is 0 Å². The molecule has 2 N–H and O–H groups in total. The van der Waals surface area contributed by atoms with Crippen LogP contribution in [0.25, 0.3) is 21.9 Å². The molecular weight excluding hydrogens is 436 g/mol. The van der Waals surface area contributed by atoms with Gasteiger partial charge in [0.2, 0.25) is 5.95 Å². The number of rotatable bonds is 4. The summed E-state index contributed by atoms with van der Waals surface area (Å²) in [7, 11) is 0. The van der Waals surface area contributed by atoms with Crippen LogP contribution in [0.15, 0.2) is 47.4 Å². The van der Waals surface area contributed by atoms with Crippen LogP contribution in [0.3, 0.4) is 0 Å². The van der Waals surface area contributed by atoms with Crippen molar-refractivity contribution in [2.75, 3.05) is 18.0 Å². The number of pyridine rings is 1. The molecule has 1 aliphatic heterocycles. The van der Waals surface area contributed by atoms with Gasteiger partial charge < -0.3 is 15.2 Å². The SMILES string of the molecule is CC#CCn1c(N2CCC[C@@H](N)C2)nc2ccn(Cc3ccc4ccc(Cl)cc4n3)c2c1=O. The van der Waals surface area contributed by atoms with Gasteiger partial charge in [-0.2, -0.15) is 0 Å². The third-order valence-corrected chi connectivity index (χ3v) is 6.29. The molecule has 0 spiro atoms. The van der Waals surface area contributed by atoms with E-state index in [-0.39, 0.29) is 18.1 Å². The van der Waals surface area contributed by atoms with Gasteiger partial charge in [-0.1, -0.05) is 29.7 Å². The Balaban J connectivity index is 1.58. The lowest BCUT2D eigenvalue weighted by Gasteiger charge is -2.32. The lowest BCUT2D eigenvalue weighted by molar-refractivity contribution is 0.492. The van der Waals surface area contributed by atoms with Gasteiger partial charge in [0.1, 0.15) is 5.52 Å². The lowest BCUT2D eigenvalue weighted by Crippen LogP contribution is -2.45. The van der Waals surface area contributed by atoms with Crippen LogP contribution in [0.4, 0.5) is 5.95 Å². The van der Waals surface area contributed by atoms with Crippen LogP contribution in [0, 0.1) is 11.8 Å². The maximum Gasteiger partial charge on any atom is 0.280 e. The molecule has 1 saturated heterocycles. The summed E-state index contributed by atoms with van der Waals surface area (Å²) >= 11 is 6.14. The van der Waals surface area contributed by atoms with Crippen molar-refractivity contribution in [2.45, 2.75) is 38.9 Å². The van der Waals surface area contributed by atoms with Crippen molar-refractivity contribution in [2.24, 2.45) is 5.73 Å². The third kappa shape index (κ3) is 4.20. The van der Waals surface area contributed by atoms with Crippen molar-refractivity contribution < 1.29 is 0 Å². The second-order valence-electron chi connectivity index (χ2n) is 8.40.